The van der Waals surface area contributed by atoms with Crippen LogP contribution in [-0.4, -0.2) is 47.1 Å². The Hall–Kier alpha value is -2.84. The predicted octanol–water partition coefficient (Wildman–Crippen LogP) is 2.90. The molecule has 4 amide bonds. The van der Waals surface area contributed by atoms with Crippen molar-refractivity contribution < 1.29 is 14.4 Å². The Bertz CT molecular complexity index is 1020. The molecule has 0 saturated carbocycles. The van der Waals surface area contributed by atoms with Crippen molar-refractivity contribution in [2.45, 2.75) is 43.3 Å². The predicted molar refractivity (Wildman–Crippen MR) is 124 cm³/mol. The summed E-state index contributed by atoms with van der Waals surface area (Å²) >= 11 is 1.38. The van der Waals surface area contributed by atoms with E-state index in [9.17, 15) is 14.4 Å². The molecule has 2 fully saturated rings. The van der Waals surface area contributed by atoms with Gasteiger partial charge in [0.1, 0.15) is 5.54 Å². The van der Waals surface area contributed by atoms with E-state index in [2.05, 4.69) is 33.0 Å². The third-order valence-electron chi connectivity index (χ3n) is 5.92. The molecule has 0 radical (unpaired) electrons. The highest BCUT2D eigenvalue weighted by Crippen LogP contribution is 2.27. The van der Waals surface area contributed by atoms with Crippen molar-refractivity contribution in [3.63, 3.8) is 0 Å². The Balaban J connectivity index is 1.40. The van der Waals surface area contributed by atoms with Crippen LogP contribution in [0.4, 0.5) is 4.79 Å². The lowest BCUT2D eigenvalue weighted by atomic mass is 10.1. The van der Waals surface area contributed by atoms with Gasteiger partial charge in [-0.2, -0.15) is 0 Å². The van der Waals surface area contributed by atoms with Gasteiger partial charge in [-0.25, -0.2) is 4.79 Å². The van der Waals surface area contributed by atoms with Gasteiger partial charge < -0.3 is 10.6 Å². The van der Waals surface area contributed by atoms with Gasteiger partial charge in [0.2, 0.25) is 0 Å². The maximum absolute atomic E-state index is 13.0. The molecular weight excluding hydrogens is 424 g/mol. The third kappa shape index (κ3) is 5.14. The van der Waals surface area contributed by atoms with E-state index in [1.54, 1.807) is 13.0 Å². The zero-order chi connectivity index (χ0) is 22.6. The average Bonchev–Trinajstić information content (AvgIpc) is 3.39. The second kappa shape index (κ2) is 9.75. The van der Waals surface area contributed by atoms with Crippen LogP contribution in [0.25, 0.3) is 0 Å². The number of nitrogens with zero attached hydrogens (tertiary/aromatic N) is 1. The van der Waals surface area contributed by atoms with Crippen molar-refractivity contribution in [1.82, 2.24) is 20.9 Å². The van der Waals surface area contributed by atoms with E-state index in [0.29, 0.717) is 17.9 Å². The van der Waals surface area contributed by atoms with Crippen LogP contribution in [0.15, 0.2) is 53.4 Å². The van der Waals surface area contributed by atoms with Gasteiger partial charge in [-0.05, 0) is 56.1 Å². The Morgan fingerprint density at radius 2 is 1.75 bits per heavy atom. The number of carbonyl (C=O) groups is 3. The normalized spacial score (nSPS) is 20.8. The number of amides is 4. The lowest BCUT2D eigenvalue weighted by Crippen LogP contribution is -2.46. The first kappa shape index (κ1) is 22.4. The van der Waals surface area contributed by atoms with E-state index in [4.69, 9.17) is 0 Å². The second-order valence-electron chi connectivity index (χ2n) is 8.46. The third-order valence-corrected chi connectivity index (χ3v) is 7.30. The molecule has 168 valence electrons. The van der Waals surface area contributed by atoms with E-state index in [1.165, 1.54) is 30.2 Å². The summed E-state index contributed by atoms with van der Waals surface area (Å²) in [5, 5.41) is 7.98. The monoisotopic (exact) mass is 452 g/mol. The van der Waals surface area contributed by atoms with E-state index < -0.39 is 11.6 Å². The lowest BCUT2D eigenvalue weighted by Gasteiger charge is -2.20. The maximum Gasteiger partial charge on any atom is 0.322 e. The second-order valence-corrected chi connectivity index (χ2v) is 9.48. The molecule has 2 aliphatic rings. The molecule has 0 aliphatic carbocycles. The quantitative estimate of drug-likeness (QED) is 0.423. The molecule has 2 heterocycles. The largest absolute Gasteiger partial charge is 0.348 e. The summed E-state index contributed by atoms with van der Waals surface area (Å²) < 4.78 is 0. The first-order chi connectivity index (χ1) is 15.4. The highest BCUT2D eigenvalue weighted by Gasteiger charge is 2.41. The van der Waals surface area contributed by atoms with Crippen LogP contribution < -0.4 is 16.0 Å². The van der Waals surface area contributed by atoms with Crippen LogP contribution in [0.2, 0.25) is 0 Å². The van der Waals surface area contributed by atoms with E-state index >= 15 is 0 Å². The number of carbonyl (C=O) groups excluding carboxylic acids is 3. The Morgan fingerprint density at radius 1 is 1.06 bits per heavy atom. The summed E-state index contributed by atoms with van der Waals surface area (Å²) in [4.78, 5) is 39.8. The number of hydrogen-bond acceptors (Lipinski definition) is 5. The van der Waals surface area contributed by atoms with Crippen LogP contribution in [-0.2, 0) is 17.9 Å². The average molecular weight is 453 g/mol. The zero-order valence-electron chi connectivity index (χ0n) is 18.1. The molecule has 8 heteroatoms. The molecule has 32 heavy (non-hydrogen) atoms. The van der Waals surface area contributed by atoms with Crippen molar-refractivity contribution in [2.75, 3.05) is 18.8 Å². The van der Waals surface area contributed by atoms with Gasteiger partial charge >= 0.3 is 6.03 Å². The molecule has 2 saturated heterocycles. The van der Waals surface area contributed by atoms with Crippen LogP contribution in [0.5, 0.6) is 0 Å². The summed E-state index contributed by atoms with van der Waals surface area (Å²) in [6.45, 7) is 5.30. The summed E-state index contributed by atoms with van der Waals surface area (Å²) in [6, 6.07) is 15.1. The van der Waals surface area contributed by atoms with Gasteiger partial charge in [0.25, 0.3) is 11.8 Å². The first-order valence-corrected chi connectivity index (χ1v) is 11.9. The summed E-state index contributed by atoms with van der Waals surface area (Å²) in [6.07, 6.45) is 2.50. The standard InChI is InChI=1S/C24H28N4O3S/c1-24(22(30)26-23(31)27-24)16-32-20-11-5-4-10-19(20)21(29)25-14-17-8-2-3-9-18(17)15-28-12-6-7-13-28/h2-5,8-11H,6-7,12-16H2,1H3,(H,25,29)(H2,26,27,30,31)/t24-/m1/s1. The molecular formula is C24H28N4O3S. The summed E-state index contributed by atoms with van der Waals surface area (Å²) in [7, 11) is 0. The van der Waals surface area contributed by atoms with Gasteiger partial charge in [0.05, 0.1) is 5.56 Å². The summed E-state index contributed by atoms with van der Waals surface area (Å²) in [5.74, 6) is -0.186. The SMILES string of the molecule is C[C@]1(CSc2ccccc2C(=O)NCc2ccccc2CN2CCCC2)NC(=O)NC1=O. The smallest absolute Gasteiger partial charge is 0.322 e. The van der Waals surface area contributed by atoms with Crippen molar-refractivity contribution >= 4 is 29.6 Å². The number of likely N-dealkylation sites (tertiary alicyclic amines) is 1. The van der Waals surface area contributed by atoms with Gasteiger partial charge in [-0.15, -0.1) is 11.8 Å². The Morgan fingerprint density at radius 3 is 2.47 bits per heavy atom. The molecule has 3 N–H and O–H groups in total. The number of urea groups is 1. The number of hydrogen-bond donors (Lipinski definition) is 3. The van der Waals surface area contributed by atoms with Crippen molar-refractivity contribution in [2.24, 2.45) is 0 Å². The molecule has 0 unspecified atom stereocenters. The molecule has 0 bridgehead atoms. The molecule has 2 aromatic rings. The minimum atomic E-state index is -1.00. The van der Waals surface area contributed by atoms with Crippen LogP contribution in [0, 0.1) is 0 Å². The molecule has 2 aromatic carbocycles. The topological polar surface area (TPSA) is 90.5 Å². The fourth-order valence-electron chi connectivity index (χ4n) is 4.02. The minimum absolute atomic E-state index is 0.158. The van der Waals surface area contributed by atoms with E-state index in [-0.39, 0.29) is 11.8 Å². The highest BCUT2D eigenvalue weighted by molar-refractivity contribution is 7.99. The Labute approximate surface area is 192 Å². The molecule has 4 rings (SSSR count). The van der Waals surface area contributed by atoms with Gasteiger partial charge in [-0.3, -0.25) is 19.8 Å². The number of thioether (sulfide) groups is 1. The highest BCUT2D eigenvalue weighted by atomic mass is 32.2. The first-order valence-electron chi connectivity index (χ1n) is 10.9. The molecule has 0 spiro atoms. The van der Waals surface area contributed by atoms with Crippen LogP contribution >= 0.6 is 11.8 Å². The van der Waals surface area contributed by atoms with Crippen LogP contribution in [0.1, 0.15) is 41.3 Å². The van der Waals surface area contributed by atoms with E-state index in [0.717, 1.165) is 30.1 Å². The van der Waals surface area contributed by atoms with Gasteiger partial charge in [0.15, 0.2) is 0 Å². The van der Waals surface area contributed by atoms with E-state index in [1.807, 2.05) is 30.3 Å². The van der Waals surface area contributed by atoms with Gasteiger partial charge in [-0.1, -0.05) is 36.4 Å². The zero-order valence-corrected chi connectivity index (χ0v) is 19.0. The van der Waals surface area contributed by atoms with Crippen LogP contribution in [0.3, 0.4) is 0 Å². The Kier molecular flexibility index (Phi) is 6.81. The molecule has 0 aromatic heterocycles. The molecule has 1 atom stereocenters. The lowest BCUT2D eigenvalue weighted by molar-refractivity contribution is -0.122. The molecule has 2 aliphatic heterocycles. The number of rotatable bonds is 8. The van der Waals surface area contributed by atoms with Crippen molar-refractivity contribution in [3.05, 3.63) is 65.2 Å². The number of nitrogens with one attached hydrogen (secondary N) is 3. The fourth-order valence-corrected chi connectivity index (χ4v) is 5.16. The van der Waals surface area contributed by atoms with Crippen molar-refractivity contribution in [3.8, 4) is 0 Å². The summed E-state index contributed by atoms with van der Waals surface area (Å²) in [5.41, 5.74) is 1.92. The minimum Gasteiger partial charge on any atom is -0.348 e. The van der Waals surface area contributed by atoms with Gasteiger partial charge in [0, 0.05) is 23.7 Å². The fraction of sp³-hybridized carbons (Fsp3) is 0.375. The van der Waals surface area contributed by atoms with Crippen molar-refractivity contribution in [1.29, 1.82) is 0 Å². The number of benzene rings is 2. The molecule has 7 nitrogen and oxygen atoms in total. The maximum atomic E-state index is 13.0. The number of imide groups is 1.